The van der Waals surface area contributed by atoms with Gasteiger partial charge in [0, 0.05) is 64.1 Å². The monoisotopic (exact) mass is 827 g/mol. The third-order valence-electron chi connectivity index (χ3n) is 11.9. The van der Waals surface area contributed by atoms with E-state index in [-0.39, 0.29) is 17.2 Å². The van der Waals surface area contributed by atoms with E-state index in [2.05, 4.69) is 120 Å². The maximum atomic E-state index is 8.92. The number of nitrogens with zero attached hydrogens (tertiary/aromatic N) is 4. The standard InChI is InChI=1S/C57H34N4OS/c1-3-13-35(14-4-1)37-17-11-18-38(31-37)39-26-29-49-46(32-39)42-19-7-9-22-48(42)61(49)41-27-30-52-47(34-41)54-45(21-12-24-53(54)63-52)57-59-55(36-15-5-2-6-16-36)58-56(60-57)40-25-28-44-43-20-8-10-23-50(43)62-51(44)33-40/h1-34H/i2D,5D,6D,15D,16D. The maximum absolute atomic E-state index is 8.92. The van der Waals surface area contributed by atoms with Gasteiger partial charge >= 0.3 is 0 Å². The van der Waals surface area contributed by atoms with E-state index in [0.717, 1.165) is 80.7 Å². The third kappa shape index (κ3) is 5.87. The van der Waals surface area contributed by atoms with Crippen LogP contribution in [0.25, 0.3) is 126 Å². The van der Waals surface area contributed by atoms with Crippen molar-refractivity contribution in [3.63, 3.8) is 0 Å². The van der Waals surface area contributed by atoms with Crippen molar-refractivity contribution in [3.05, 3.63) is 206 Å². The number of aromatic nitrogens is 4. The molecule has 0 aliphatic heterocycles. The fourth-order valence-corrected chi connectivity index (χ4v) is 10.2. The molecule has 13 aromatic rings. The predicted molar refractivity (Wildman–Crippen MR) is 262 cm³/mol. The highest BCUT2D eigenvalue weighted by atomic mass is 32.1. The van der Waals surface area contributed by atoms with Crippen LogP contribution < -0.4 is 0 Å². The van der Waals surface area contributed by atoms with Gasteiger partial charge in [-0.15, -0.1) is 11.3 Å². The molecule has 0 saturated heterocycles. The molecule has 0 amide bonds. The molecule has 294 valence electrons. The van der Waals surface area contributed by atoms with Gasteiger partial charge in [-0.2, -0.15) is 0 Å². The molecule has 63 heavy (non-hydrogen) atoms. The summed E-state index contributed by atoms with van der Waals surface area (Å²) in [6.45, 7) is 0. The van der Waals surface area contributed by atoms with Crippen molar-refractivity contribution in [1.29, 1.82) is 0 Å². The molecule has 0 atom stereocenters. The lowest BCUT2D eigenvalue weighted by Gasteiger charge is -2.11. The van der Waals surface area contributed by atoms with Crippen LogP contribution in [0.4, 0.5) is 0 Å². The fraction of sp³-hybridized carbons (Fsp3) is 0. The highest BCUT2D eigenvalue weighted by Crippen LogP contribution is 2.43. The van der Waals surface area contributed by atoms with E-state index in [9.17, 15) is 0 Å². The maximum Gasteiger partial charge on any atom is 0.164 e. The van der Waals surface area contributed by atoms with Gasteiger partial charge in [0.1, 0.15) is 11.2 Å². The lowest BCUT2D eigenvalue weighted by atomic mass is 9.98. The van der Waals surface area contributed by atoms with Gasteiger partial charge in [-0.05, 0) is 89.0 Å². The normalized spacial score (nSPS) is 12.9. The molecule has 0 aliphatic rings. The van der Waals surface area contributed by atoms with Gasteiger partial charge in [0.25, 0.3) is 0 Å². The molecule has 4 heterocycles. The number of benzene rings is 9. The SMILES string of the molecule is [2H]c1c([2H])c([2H])c(-c2nc(-c3ccc4c(c3)oc3ccccc34)nc(-c3cccc4sc5ccc(-n6c7ccccc7c7cc(-c8cccc(-c9ccccc9)c8)ccc76)cc5c34)n2)c([2H])c1[2H]. The van der Waals surface area contributed by atoms with E-state index in [1.165, 1.54) is 11.1 Å². The minimum Gasteiger partial charge on any atom is -0.456 e. The van der Waals surface area contributed by atoms with Crippen LogP contribution in [0.1, 0.15) is 6.85 Å². The summed E-state index contributed by atoms with van der Waals surface area (Å²) < 4.78 is 53.9. The summed E-state index contributed by atoms with van der Waals surface area (Å²) >= 11 is 1.67. The molecule has 0 saturated carbocycles. The molecule has 0 bridgehead atoms. The topological polar surface area (TPSA) is 56.7 Å². The van der Waals surface area contributed by atoms with Gasteiger partial charge in [0.05, 0.1) is 17.9 Å². The van der Waals surface area contributed by atoms with Crippen molar-refractivity contribution in [2.75, 3.05) is 0 Å². The smallest absolute Gasteiger partial charge is 0.164 e. The number of rotatable bonds is 6. The highest BCUT2D eigenvalue weighted by Gasteiger charge is 2.20. The lowest BCUT2D eigenvalue weighted by molar-refractivity contribution is 0.669. The Labute approximate surface area is 372 Å². The van der Waals surface area contributed by atoms with Crippen molar-refractivity contribution >= 4 is 75.3 Å². The molecule has 0 unspecified atom stereocenters. The van der Waals surface area contributed by atoms with Gasteiger partial charge in [-0.25, -0.2) is 15.0 Å². The van der Waals surface area contributed by atoms with E-state index >= 15 is 0 Å². The Kier molecular flexibility index (Phi) is 6.94. The summed E-state index contributed by atoms with van der Waals surface area (Å²) in [5.74, 6) is 0.547. The Balaban J connectivity index is 0.998. The third-order valence-corrected chi connectivity index (χ3v) is 13.1. The number of thiophene rings is 1. The second-order valence-corrected chi connectivity index (χ2v) is 16.7. The zero-order chi connectivity index (χ0) is 45.8. The van der Waals surface area contributed by atoms with Crippen LogP contribution in [0.5, 0.6) is 0 Å². The van der Waals surface area contributed by atoms with E-state index in [0.29, 0.717) is 17.0 Å². The van der Waals surface area contributed by atoms with Crippen LogP contribution in [-0.4, -0.2) is 19.5 Å². The molecule has 13 rings (SSSR count). The first kappa shape index (κ1) is 30.8. The second-order valence-electron chi connectivity index (χ2n) is 15.6. The van der Waals surface area contributed by atoms with Crippen molar-refractivity contribution < 1.29 is 11.3 Å². The molecule has 0 aliphatic carbocycles. The lowest BCUT2D eigenvalue weighted by Crippen LogP contribution is -2.00. The van der Waals surface area contributed by atoms with Gasteiger partial charge in [0.2, 0.25) is 0 Å². The Bertz CT molecular complexity index is 4210. The van der Waals surface area contributed by atoms with Crippen LogP contribution in [0.15, 0.2) is 211 Å². The van der Waals surface area contributed by atoms with Gasteiger partial charge < -0.3 is 8.98 Å². The molecule has 6 heteroatoms. The van der Waals surface area contributed by atoms with E-state index in [1.807, 2.05) is 60.7 Å². The summed E-state index contributed by atoms with van der Waals surface area (Å²) in [5.41, 5.74) is 10.4. The van der Waals surface area contributed by atoms with E-state index in [1.54, 1.807) is 11.3 Å². The van der Waals surface area contributed by atoms with Crippen molar-refractivity contribution in [1.82, 2.24) is 19.5 Å². The number of para-hydroxylation sites is 2. The van der Waals surface area contributed by atoms with E-state index < -0.39 is 30.2 Å². The fourth-order valence-electron chi connectivity index (χ4n) is 9.04. The summed E-state index contributed by atoms with van der Waals surface area (Å²) in [4.78, 5) is 14.9. The molecule has 0 fully saturated rings. The summed E-state index contributed by atoms with van der Waals surface area (Å²) in [5, 5.41) is 6.17. The first-order valence-electron chi connectivity index (χ1n) is 23.2. The average molecular weight is 828 g/mol. The second kappa shape index (κ2) is 14.2. The summed E-state index contributed by atoms with van der Waals surface area (Å²) in [7, 11) is 0. The molecule has 9 aromatic carbocycles. The molecular weight excluding hydrogens is 789 g/mol. The Hall–Kier alpha value is -8.19. The Morgan fingerprint density at radius 2 is 1.10 bits per heavy atom. The number of fused-ring (bicyclic) bond motifs is 9. The molecular formula is C57H34N4OS. The summed E-state index contributed by atoms with van der Waals surface area (Å²) in [6.07, 6.45) is 0. The predicted octanol–water partition coefficient (Wildman–Crippen LogP) is 15.6. The first-order chi connectivity index (χ1) is 33.3. The van der Waals surface area contributed by atoms with Crippen LogP contribution >= 0.6 is 11.3 Å². The molecule has 5 nitrogen and oxygen atoms in total. The highest BCUT2D eigenvalue weighted by molar-refractivity contribution is 7.26. The molecule has 0 radical (unpaired) electrons. The van der Waals surface area contributed by atoms with Gasteiger partial charge in [-0.1, -0.05) is 139 Å². The zero-order valence-electron chi connectivity index (χ0n) is 38.3. The molecule has 0 N–H and O–H groups in total. The Morgan fingerprint density at radius 3 is 1.98 bits per heavy atom. The van der Waals surface area contributed by atoms with Crippen LogP contribution in [0, 0.1) is 0 Å². The van der Waals surface area contributed by atoms with E-state index in [4.69, 9.17) is 26.2 Å². The number of furan rings is 1. The van der Waals surface area contributed by atoms with Crippen molar-refractivity contribution in [2.45, 2.75) is 0 Å². The Morgan fingerprint density at radius 1 is 0.413 bits per heavy atom. The summed E-state index contributed by atoms with van der Waals surface area (Å²) in [6, 6.07) is 58.4. The van der Waals surface area contributed by atoms with Gasteiger partial charge in [0.15, 0.2) is 17.5 Å². The van der Waals surface area contributed by atoms with Crippen LogP contribution in [0.3, 0.4) is 0 Å². The van der Waals surface area contributed by atoms with Crippen molar-refractivity contribution in [3.8, 4) is 62.1 Å². The van der Waals surface area contributed by atoms with Crippen LogP contribution in [0.2, 0.25) is 0 Å². The minimum atomic E-state index is -0.490. The largest absolute Gasteiger partial charge is 0.456 e. The van der Waals surface area contributed by atoms with Crippen molar-refractivity contribution in [2.24, 2.45) is 0 Å². The number of hydrogen-bond donors (Lipinski definition) is 0. The first-order valence-corrected chi connectivity index (χ1v) is 21.5. The van der Waals surface area contributed by atoms with Gasteiger partial charge in [-0.3, -0.25) is 0 Å². The van der Waals surface area contributed by atoms with Crippen LogP contribution in [-0.2, 0) is 0 Å². The minimum absolute atomic E-state index is 0.0274. The zero-order valence-corrected chi connectivity index (χ0v) is 34.2. The average Bonchev–Trinajstić information content (AvgIpc) is 4.06. The quantitative estimate of drug-likeness (QED) is 0.168. The number of hydrogen-bond acceptors (Lipinski definition) is 5. The molecule has 0 spiro atoms. The molecule has 4 aromatic heterocycles.